The fourth-order valence-corrected chi connectivity index (χ4v) is 3.60. The lowest BCUT2D eigenvalue weighted by Crippen LogP contribution is -2.25. The lowest BCUT2D eigenvalue weighted by Gasteiger charge is -2.09. The molecule has 0 aromatic carbocycles. The number of carboxylic acid groups (broad SMARTS) is 1. The highest BCUT2D eigenvalue weighted by molar-refractivity contribution is 7.89. The molecule has 0 atom stereocenters. The van der Waals surface area contributed by atoms with Gasteiger partial charge in [0.05, 0.1) is 19.2 Å². The van der Waals surface area contributed by atoms with Crippen LogP contribution in [0, 0.1) is 5.92 Å². The third kappa shape index (κ3) is 4.82. The SMILES string of the molecule is O=C(O)CCn1cc(S(=O)(=O)NCCC2CCCC2)cn1. The Kier molecular flexibility index (Phi) is 5.35. The van der Waals surface area contributed by atoms with Crippen LogP contribution in [0.3, 0.4) is 0 Å². The Morgan fingerprint density at radius 2 is 2.14 bits per heavy atom. The molecule has 0 radical (unpaired) electrons. The van der Waals surface area contributed by atoms with Crippen molar-refractivity contribution in [1.82, 2.24) is 14.5 Å². The molecule has 1 saturated carbocycles. The van der Waals surface area contributed by atoms with Gasteiger partial charge in [-0.3, -0.25) is 9.48 Å². The van der Waals surface area contributed by atoms with E-state index in [0.717, 1.165) is 6.42 Å². The minimum Gasteiger partial charge on any atom is -0.481 e. The molecule has 0 unspecified atom stereocenters. The number of aryl methyl sites for hydroxylation is 1. The van der Waals surface area contributed by atoms with E-state index in [1.54, 1.807) is 0 Å². The van der Waals surface area contributed by atoms with Crippen molar-refractivity contribution in [2.75, 3.05) is 6.54 Å². The molecule has 0 spiro atoms. The van der Waals surface area contributed by atoms with Crippen LogP contribution in [0.2, 0.25) is 0 Å². The van der Waals surface area contributed by atoms with Crippen LogP contribution in [-0.4, -0.2) is 35.8 Å². The molecule has 0 amide bonds. The van der Waals surface area contributed by atoms with Crippen molar-refractivity contribution in [3.8, 4) is 0 Å². The molecule has 1 aromatic rings. The first-order chi connectivity index (χ1) is 9.97. The first-order valence-electron chi connectivity index (χ1n) is 7.21. The molecule has 1 fully saturated rings. The minimum absolute atomic E-state index is 0.0827. The standard InChI is InChI=1S/C13H21N3O4S/c17-13(18)6-8-16-10-12(9-14-16)21(19,20)15-7-5-11-3-1-2-4-11/h9-11,15H,1-8H2,(H,17,18). The van der Waals surface area contributed by atoms with Crippen molar-refractivity contribution in [1.29, 1.82) is 0 Å². The van der Waals surface area contributed by atoms with Crippen LogP contribution in [0.1, 0.15) is 38.5 Å². The van der Waals surface area contributed by atoms with E-state index in [1.165, 1.54) is 42.8 Å². The van der Waals surface area contributed by atoms with Crippen LogP contribution >= 0.6 is 0 Å². The van der Waals surface area contributed by atoms with E-state index < -0.39 is 16.0 Å². The molecular formula is C13H21N3O4S. The summed E-state index contributed by atoms with van der Waals surface area (Å²) in [5.41, 5.74) is 0. The topological polar surface area (TPSA) is 101 Å². The van der Waals surface area contributed by atoms with Crippen LogP contribution in [-0.2, 0) is 21.4 Å². The smallest absolute Gasteiger partial charge is 0.305 e. The molecule has 1 aliphatic carbocycles. The summed E-state index contributed by atoms with van der Waals surface area (Å²) < 4.78 is 28.1. The molecule has 8 heteroatoms. The molecule has 21 heavy (non-hydrogen) atoms. The van der Waals surface area contributed by atoms with Gasteiger partial charge in [0, 0.05) is 12.7 Å². The Morgan fingerprint density at radius 3 is 2.81 bits per heavy atom. The van der Waals surface area contributed by atoms with Crippen molar-refractivity contribution in [2.45, 2.75) is 50.0 Å². The Bertz CT molecular complexity index is 576. The molecule has 0 bridgehead atoms. The second kappa shape index (κ2) is 7.04. The molecule has 2 N–H and O–H groups in total. The van der Waals surface area contributed by atoms with Crippen molar-refractivity contribution in [2.24, 2.45) is 5.92 Å². The maximum atomic E-state index is 12.1. The van der Waals surface area contributed by atoms with Gasteiger partial charge in [0.25, 0.3) is 0 Å². The summed E-state index contributed by atoms with van der Waals surface area (Å²) in [6, 6.07) is 0. The molecule has 0 saturated heterocycles. The molecule has 7 nitrogen and oxygen atoms in total. The van der Waals surface area contributed by atoms with E-state index in [9.17, 15) is 13.2 Å². The summed E-state index contributed by atoms with van der Waals surface area (Å²) in [6.07, 6.45) is 8.26. The predicted molar refractivity (Wildman–Crippen MR) is 76.2 cm³/mol. The van der Waals surface area contributed by atoms with Crippen molar-refractivity contribution < 1.29 is 18.3 Å². The molecule has 1 aliphatic rings. The molecule has 2 rings (SSSR count). The average molecular weight is 315 g/mol. The number of sulfonamides is 1. The van der Waals surface area contributed by atoms with Crippen LogP contribution in [0.4, 0.5) is 0 Å². The Morgan fingerprint density at radius 1 is 1.43 bits per heavy atom. The molecule has 0 aliphatic heterocycles. The monoisotopic (exact) mass is 315 g/mol. The summed E-state index contributed by atoms with van der Waals surface area (Å²) in [7, 11) is -3.55. The Labute approximate surface area is 124 Å². The Balaban J connectivity index is 1.85. The predicted octanol–water partition coefficient (Wildman–Crippen LogP) is 1.22. The molecule has 118 valence electrons. The normalized spacial score (nSPS) is 16.4. The van der Waals surface area contributed by atoms with Crippen LogP contribution in [0.5, 0.6) is 0 Å². The van der Waals surface area contributed by atoms with Gasteiger partial charge >= 0.3 is 5.97 Å². The van der Waals surface area contributed by atoms with Crippen molar-refractivity contribution in [3.63, 3.8) is 0 Å². The number of hydrogen-bond donors (Lipinski definition) is 2. The van der Waals surface area contributed by atoms with Crippen LogP contribution in [0.15, 0.2) is 17.3 Å². The first-order valence-corrected chi connectivity index (χ1v) is 8.69. The highest BCUT2D eigenvalue weighted by atomic mass is 32.2. The average Bonchev–Trinajstić information content (AvgIpc) is 3.07. The van der Waals surface area contributed by atoms with E-state index >= 15 is 0 Å². The van der Waals surface area contributed by atoms with Gasteiger partial charge in [-0.2, -0.15) is 5.10 Å². The highest BCUT2D eigenvalue weighted by Gasteiger charge is 2.19. The second-order valence-electron chi connectivity index (χ2n) is 5.42. The van der Waals surface area contributed by atoms with Crippen LogP contribution in [0.25, 0.3) is 0 Å². The number of nitrogens with one attached hydrogen (secondary N) is 1. The van der Waals surface area contributed by atoms with Gasteiger partial charge < -0.3 is 5.11 Å². The van der Waals surface area contributed by atoms with Crippen molar-refractivity contribution in [3.05, 3.63) is 12.4 Å². The summed E-state index contributed by atoms with van der Waals surface area (Å²) >= 11 is 0. The summed E-state index contributed by atoms with van der Waals surface area (Å²) in [5.74, 6) is -0.310. The minimum atomic E-state index is -3.55. The van der Waals surface area contributed by atoms with Gasteiger partial charge in [0.15, 0.2) is 0 Å². The van der Waals surface area contributed by atoms with Gasteiger partial charge in [-0.1, -0.05) is 25.7 Å². The fourth-order valence-electron chi connectivity index (χ4n) is 2.60. The maximum absolute atomic E-state index is 12.1. The number of hydrogen-bond acceptors (Lipinski definition) is 4. The zero-order valence-corrected chi connectivity index (χ0v) is 12.7. The van der Waals surface area contributed by atoms with Gasteiger partial charge in [0.2, 0.25) is 10.0 Å². The number of aliphatic carboxylic acids is 1. The van der Waals surface area contributed by atoms with Crippen molar-refractivity contribution >= 4 is 16.0 Å². The summed E-state index contributed by atoms with van der Waals surface area (Å²) in [5, 5.41) is 12.5. The van der Waals surface area contributed by atoms with Gasteiger partial charge in [-0.05, 0) is 12.3 Å². The van der Waals surface area contributed by atoms with Gasteiger partial charge in [0.1, 0.15) is 4.90 Å². The fraction of sp³-hybridized carbons (Fsp3) is 0.692. The quantitative estimate of drug-likeness (QED) is 0.751. The largest absolute Gasteiger partial charge is 0.481 e. The number of aromatic nitrogens is 2. The number of rotatable bonds is 8. The highest BCUT2D eigenvalue weighted by Crippen LogP contribution is 2.27. The molecular weight excluding hydrogens is 294 g/mol. The number of carbonyl (C=O) groups is 1. The zero-order chi connectivity index (χ0) is 15.3. The molecule has 1 heterocycles. The third-order valence-electron chi connectivity index (χ3n) is 3.79. The second-order valence-corrected chi connectivity index (χ2v) is 7.19. The summed E-state index contributed by atoms with van der Waals surface area (Å²) in [6.45, 7) is 0.597. The number of nitrogens with zero attached hydrogens (tertiary/aromatic N) is 2. The maximum Gasteiger partial charge on any atom is 0.305 e. The third-order valence-corrected chi connectivity index (χ3v) is 5.21. The van der Waals surface area contributed by atoms with E-state index in [1.807, 2.05) is 0 Å². The lowest BCUT2D eigenvalue weighted by molar-refractivity contribution is -0.137. The van der Waals surface area contributed by atoms with E-state index in [4.69, 9.17) is 5.11 Å². The first kappa shape index (κ1) is 16.0. The molecule has 1 aromatic heterocycles. The van der Waals surface area contributed by atoms with Gasteiger partial charge in [-0.15, -0.1) is 0 Å². The van der Waals surface area contributed by atoms with E-state index in [-0.39, 0.29) is 17.9 Å². The van der Waals surface area contributed by atoms with E-state index in [0.29, 0.717) is 12.5 Å². The van der Waals surface area contributed by atoms with Gasteiger partial charge in [-0.25, -0.2) is 13.1 Å². The number of carboxylic acids is 1. The van der Waals surface area contributed by atoms with Crippen LogP contribution < -0.4 is 4.72 Å². The Hall–Kier alpha value is -1.41. The summed E-state index contributed by atoms with van der Waals surface area (Å²) in [4.78, 5) is 10.6. The van der Waals surface area contributed by atoms with E-state index in [2.05, 4.69) is 9.82 Å². The lowest BCUT2D eigenvalue weighted by atomic mass is 10.1. The zero-order valence-electron chi connectivity index (χ0n) is 11.9.